The van der Waals surface area contributed by atoms with Crippen molar-refractivity contribution < 1.29 is 18.0 Å². The van der Waals surface area contributed by atoms with E-state index in [9.17, 15) is 18.0 Å². The molecule has 156 valence electrons. The van der Waals surface area contributed by atoms with Gasteiger partial charge < -0.3 is 10.6 Å². The summed E-state index contributed by atoms with van der Waals surface area (Å²) in [5.74, 6) is -1.30. The Morgan fingerprint density at radius 3 is 2.54 bits per heavy atom. The number of nitrogens with two attached hydrogens (primary N) is 1. The molecule has 2 aromatic heterocycles. The number of halogens is 4. The van der Waals surface area contributed by atoms with Crippen LogP contribution in [-0.4, -0.2) is 50.0 Å². The van der Waals surface area contributed by atoms with Crippen LogP contribution in [0.1, 0.15) is 42.5 Å². The molecule has 0 saturated carbocycles. The zero-order valence-electron chi connectivity index (χ0n) is 16.0. The van der Waals surface area contributed by atoms with Crippen LogP contribution in [0.2, 0.25) is 0 Å². The number of nitrogens with zero attached hydrogens (tertiary/aromatic N) is 5. The Kier molecular flexibility index (Phi) is 6.25. The van der Waals surface area contributed by atoms with Gasteiger partial charge in [-0.2, -0.15) is 18.2 Å². The number of hydrogen-bond donors (Lipinski definition) is 1. The van der Waals surface area contributed by atoms with E-state index < -0.39 is 12.0 Å². The predicted octanol–water partition coefficient (Wildman–Crippen LogP) is 2.31. The zero-order valence-corrected chi connectivity index (χ0v) is 16.8. The fourth-order valence-corrected chi connectivity index (χ4v) is 3.48. The summed E-state index contributed by atoms with van der Waals surface area (Å²) in [6, 6.07) is 0. The summed E-state index contributed by atoms with van der Waals surface area (Å²) in [6.07, 6.45) is -3.11. The van der Waals surface area contributed by atoms with Crippen LogP contribution >= 0.6 is 12.4 Å². The number of fused-ring (bicyclic) bond motifs is 1. The van der Waals surface area contributed by atoms with Gasteiger partial charge in [-0.1, -0.05) is 6.92 Å². The first kappa shape index (κ1) is 22.4. The SMILES string of the molecule is Cc1nc2nc(C(F)(F)F)nn2c(C)c1CCC(=O)N1CCC(C)(CN)C1.Cl. The van der Waals surface area contributed by atoms with Crippen molar-refractivity contribution in [1.29, 1.82) is 0 Å². The molecule has 1 unspecified atom stereocenters. The molecule has 1 aliphatic rings. The number of likely N-dealkylation sites (tertiary alicyclic amines) is 1. The summed E-state index contributed by atoms with van der Waals surface area (Å²) in [5.41, 5.74) is 7.52. The van der Waals surface area contributed by atoms with Crippen molar-refractivity contribution in [3.8, 4) is 0 Å². The smallest absolute Gasteiger partial charge is 0.342 e. The molecule has 1 fully saturated rings. The van der Waals surface area contributed by atoms with E-state index in [1.54, 1.807) is 18.7 Å². The maximum atomic E-state index is 12.9. The first-order valence-corrected chi connectivity index (χ1v) is 8.82. The lowest BCUT2D eigenvalue weighted by atomic mass is 9.90. The lowest BCUT2D eigenvalue weighted by molar-refractivity contribution is -0.144. The summed E-state index contributed by atoms with van der Waals surface area (Å²) in [7, 11) is 0. The molecule has 3 rings (SSSR count). The first-order valence-electron chi connectivity index (χ1n) is 8.82. The van der Waals surface area contributed by atoms with E-state index in [-0.39, 0.29) is 35.9 Å². The Balaban J connectivity index is 0.00000280. The summed E-state index contributed by atoms with van der Waals surface area (Å²) in [4.78, 5) is 21.9. The Morgan fingerprint density at radius 2 is 1.96 bits per heavy atom. The van der Waals surface area contributed by atoms with Crippen molar-refractivity contribution in [3.05, 3.63) is 22.8 Å². The van der Waals surface area contributed by atoms with Crippen LogP contribution < -0.4 is 5.73 Å². The topological polar surface area (TPSA) is 89.4 Å². The molecule has 7 nitrogen and oxygen atoms in total. The standard InChI is InChI=1S/C17H23F3N6O.ClH/c1-10-12(4-5-13(27)25-7-6-16(3,8-21)9-25)11(2)26-15(22-10)23-14(24-26)17(18,19)20;/h4-9,21H2,1-3H3;1H. The van der Waals surface area contributed by atoms with E-state index in [0.29, 0.717) is 37.4 Å². The third kappa shape index (κ3) is 4.22. The molecule has 0 aliphatic carbocycles. The molecule has 1 saturated heterocycles. The molecule has 3 heterocycles. The molecule has 0 spiro atoms. The highest BCUT2D eigenvalue weighted by molar-refractivity contribution is 5.85. The molecular formula is C17H24ClF3N6O. The number of hydrogen-bond acceptors (Lipinski definition) is 5. The highest BCUT2D eigenvalue weighted by Crippen LogP contribution is 2.29. The molecule has 2 aromatic rings. The molecule has 0 bridgehead atoms. The second-order valence-corrected chi connectivity index (χ2v) is 7.49. The second-order valence-electron chi connectivity index (χ2n) is 7.49. The van der Waals surface area contributed by atoms with Gasteiger partial charge in [0.25, 0.3) is 11.6 Å². The largest absolute Gasteiger partial charge is 0.453 e. The minimum atomic E-state index is -4.63. The van der Waals surface area contributed by atoms with Crippen LogP contribution in [0.3, 0.4) is 0 Å². The van der Waals surface area contributed by atoms with Gasteiger partial charge in [0.2, 0.25) is 5.91 Å². The van der Waals surface area contributed by atoms with Crippen molar-refractivity contribution in [2.24, 2.45) is 11.1 Å². The number of aromatic nitrogens is 4. The maximum absolute atomic E-state index is 12.9. The summed E-state index contributed by atoms with van der Waals surface area (Å²) >= 11 is 0. The lowest BCUT2D eigenvalue weighted by Crippen LogP contribution is -2.34. The van der Waals surface area contributed by atoms with Gasteiger partial charge in [-0.3, -0.25) is 4.79 Å². The summed E-state index contributed by atoms with van der Waals surface area (Å²) < 4.78 is 39.7. The molecule has 0 aromatic carbocycles. The van der Waals surface area contributed by atoms with Gasteiger partial charge in [-0.15, -0.1) is 17.5 Å². The highest BCUT2D eigenvalue weighted by atomic mass is 35.5. The van der Waals surface area contributed by atoms with Crippen LogP contribution in [0.5, 0.6) is 0 Å². The zero-order chi connectivity index (χ0) is 20.0. The van der Waals surface area contributed by atoms with Gasteiger partial charge in [0.1, 0.15) is 0 Å². The molecule has 1 atom stereocenters. The van der Waals surface area contributed by atoms with E-state index in [2.05, 4.69) is 22.0 Å². The third-order valence-electron chi connectivity index (χ3n) is 5.29. The third-order valence-corrected chi connectivity index (χ3v) is 5.29. The molecule has 28 heavy (non-hydrogen) atoms. The number of aryl methyl sites for hydroxylation is 2. The molecule has 1 aliphatic heterocycles. The van der Waals surface area contributed by atoms with Crippen molar-refractivity contribution in [2.75, 3.05) is 19.6 Å². The van der Waals surface area contributed by atoms with Gasteiger partial charge in [0, 0.05) is 30.9 Å². The van der Waals surface area contributed by atoms with Crippen molar-refractivity contribution >= 4 is 24.1 Å². The van der Waals surface area contributed by atoms with Crippen LogP contribution in [0.15, 0.2) is 0 Å². The Morgan fingerprint density at radius 1 is 1.29 bits per heavy atom. The minimum Gasteiger partial charge on any atom is -0.342 e. The van der Waals surface area contributed by atoms with Gasteiger partial charge in [-0.25, -0.2) is 9.50 Å². The Bertz CT molecular complexity index is 884. The normalized spacial score (nSPS) is 19.9. The van der Waals surface area contributed by atoms with Crippen LogP contribution in [0, 0.1) is 19.3 Å². The van der Waals surface area contributed by atoms with E-state index in [1.807, 2.05) is 0 Å². The van der Waals surface area contributed by atoms with Crippen molar-refractivity contribution in [1.82, 2.24) is 24.5 Å². The molecule has 0 radical (unpaired) electrons. The fraction of sp³-hybridized carbons (Fsp3) is 0.647. The predicted molar refractivity (Wildman–Crippen MR) is 99.2 cm³/mol. The number of carbonyl (C=O) groups is 1. The van der Waals surface area contributed by atoms with E-state index in [1.165, 1.54) is 0 Å². The quantitative estimate of drug-likeness (QED) is 0.819. The average Bonchev–Trinajstić information content (AvgIpc) is 3.19. The number of amides is 1. The molecular weight excluding hydrogens is 397 g/mol. The van der Waals surface area contributed by atoms with E-state index >= 15 is 0 Å². The highest BCUT2D eigenvalue weighted by Gasteiger charge is 2.37. The van der Waals surface area contributed by atoms with Crippen LogP contribution in [0.25, 0.3) is 5.78 Å². The molecule has 1 amide bonds. The van der Waals surface area contributed by atoms with Crippen LogP contribution in [0.4, 0.5) is 13.2 Å². The van der Waals surface area contributed by atoms with Gasteiger partial charge in [0.05, 0.1) is 0 Å². The van der Waals surface area contributed by atoms with Gasteiger partial charge in [0.15, 0.2) is 0 Å². The summed E-state index contributed by atoms with van der Waals surface area (Å²) in [6.45, 7) is 7.28. The van der Waals surface area contributed by atoms with Gasteiger partial charge in [-0.05, 0) is 44.2 Å². The van der Waals surface area contributed by atoms with E-state index in [0.717, 1.165) is 16.5 Å². The van der Waals surface area contributed by atoms with Crippen molar-refractivity contribution in [2.45, 2.75) is 46.2 Å². The monoisotopic (exact) mass is 420 g/mol. The van der Waals surface area contributed by atoms with Crippen LogP contribution in [-0.2, 0) is 17.4 Å². The fourth-order valence-electron chi connectivity index (χ4n) is 3.48. The maximum Gasteiger partial charge on any atom is 0.453 e. The number of alkyl halides is 3. The Labute approximate surface area is 166 Å². The number of rotatable bonds is 4. The van der Waals surface area contributed by atoms with E-state index in [4.69, 9.17) is 5.73 Å². The minimum absolute atomic E-state index is 0. The summed E-state index contributed by atoms with van der Waals surface area (Å²) in [5, 5.41) is 3.53. The first-order chi connectivity index (χ1) is 12.5. The Hall–Kier alpha value is -1.94. The molecule has 11 heteroatoms. The second kappa shape index (κ2) is 7.82. The average molecular weight is 421 g/mol. The molecule has 2 N–H and O–H groups in total. The lowest BCUT2D eigenvalue weighted by Gasteiger charge is -2.22. The van der Waals surface area contributed by atoms with Crippen molar-refractivity contribution in [3.63, 3.8) is 0 Å². The number of carbonyl (C=O) groups excluding carboxylic acids is 1. The van der Waals surface area contributed by atoms with Gasteiger partial charge >= 0.3 is 6.18 Å².